The van der Waals surface area contributed by atoms with Crippen LogP contribution < -0.4 is 0 Å². The van der Waals surface area contributed by atoms with E-state index in [-0.39, 0.29) is 31.6 Å². The lowest BCUT2D eigenvalue weighted by molar-refractivity contribution is -0.106. The van der Waals surface area contributed by atoms with E-state index in [1.54, 1.807) is 28.4 Å². The van der Waals surface area contributed by atoms with Gasteiger partial charge in [-0.1, -0.05) is 49.9 Å². The van der Waals surface area contributed by atoms with Crippen LogP contribution >= 0.6 is 0 Å². The zero-order valence-corrected chi connectivity index (χ0v) is 18.1. The Hall–Kier alpha value is 0.274. The van der Waals surface area contributed by atoms with Gasteiger partial charge in [0, 0.05) is 47.5 Å². The van der Waals surface area contributed by atoms with Gasteiger partial charge in [-0.05, 0) is 12.8 Å². The zero-order chi connectivity index (χ0) is 16.5. The number of rotatable bonds is 17. The molecule has 0 saturated heterocycles. The van der Waals surface area contributed by atoms with Crippen LogP contribution in [0.25, 0.3) is 0 Å². The number of ether oxygens (including phenoxy) is 4. The largest absolute Gasteiger partial charge is 0.356 e. The van der Waals surface area contributed by atoms with Gasteiger partial charge in [0.2, 0.25) is 0 Å². The van der Waals surface area contributed by atoms with Gasteiger partial charge in [-0.15, -0.1) is 0 Å². The molecule has 0 aromatic carbocycles. The molecule has 0 rings (SSSR count). The van der Waals surface area contributed by atoms with Crippen LogP contribution in [-0.4, -0.2) is 60.1 Å². The Morgan fingerprint density at radius 1 is 0.545 bits per heavy atom. The molecule has 0 N–H and O–H groups in total. The first kappa shape index (κ1) is 22.3. The first-order valence-corrected chi connectivity index (χ1v) is 12.9. The number of unbranched alkanes of at least 4 members (excludes halogenated alkanes) is 1. The van der Waals surface area contributed by atoms with Gasteiger partial charge < -0.3 is 18.9 Å². The van der Waals surface area contributed by atoms with Crippen molar-refractivity contribution >= 4 is 19.0 Å². The number of hydrogen-bond donors (Lipinski definition) is 0. The number of methoxy groups -OCH3 is 4. The van der Waals surface area contributed by atoms with Gasteiger partial charge in [-0.3, -0.25) is 0 Å². The van der Waals surface area contributed by atoms with Crippen molar-refractivity contribution in [1.82, 2.24) is 0 Å². The van der Waals surface area contributed by atoms with Gasteiger partial charge in [0.25, 0.3) is 0 Å². The van der Waals surface area contributed by atoms with E-state index >= 15 is 0 Å². The standard InChI is InChI=1S/C16H38O4Si2/c1-17-15(18-2)9-7-13-21-11-5-6-12-22-14-8-10-16(19-3)20-4/h15-16H,5-14,21-22H2,1-4H3. The first-order valence-electron chi connectivity index (χ1n) is 8.89. The van der Waals surface area contributed by atoms with Gasteiger partial charge >= 0.3 is 0 Å². The van der Waals surface area contributed by atoms with Crippen LogP contribution in [0.15, 0.2) is 0 Å². The Morgan fingerprint density at radius 2 is 0.864 bits per heavy atom. The molecule has 134 valence electrons. The molecular weight excluding hydrogens is 312 g/mol. The molecule has 0 aliphatic rings. The fourth-order valence-corrected chi connectivity index (χ4v) is 6.11. The quantitative estimate of drug-likeness (QED) is 0.229. The summed E-state index contributed by atoms with van der Waals surface area (Å²) in [6.45, 7) is 0. The van der Waals surface area contributed by atoms with Gasteiger partial charge in [-0.25, -0.2) is 0 Å². The molecule has 22 heavy (non-hydrogen) atoms. The third kappa shape index (κ3) is 13.9. The van der Waals surface area contributed by atoms with Gasteiger partial charge in [0.15, 0.2) is 12.6 Å². The fraction of sp³-hybridized carbons (Fsp3) is 1.00. The van der Waals surface area contributed by atoms with Crippen LogP contribution in [0.1, 0.15) is 38.5 Å². The van der Waals surface area contributed by atoms with Crippen LogP contribution in [0.5, 0.6) is 0 Å². The molecule has 0 radical (unpaired) electrons. The smallest absolute Gasteiger partial charge is 0.156 e. The van der Waals surface area contributed by atoms with E-state index in [9.17, 15) is 0 Å². The monoisotopic (exact) mass is 350 g/mol. The molecular formula is C16H38O4Si2. The third-order valence-corrected chi connectivity index (χ3v) is 8.18. The second-order valence-corrected chi connectivity index (χ2v) is 10.2. The highest BCUT2D eigenvalue weighted by atomic mass is 28.2. The molecule has 0 spiro atoms. The molecule has 0 fully saturated rings. The summed E-state index contributed by atoms with van der Waals surface area (Å²) >= 11 is 0. The van der Waals surface area contributed by atoms with Gasteiger partial charge in [-0.2, -0.15) is 0 Å². The number of hydrogen-bond acceptors (Lipinski definition) is 4. The van der Waals surface area contributed by atoms with Crippen molar-refractivity contribution in [2.24, 2.45) is 0 Å². The van der Waals surface area contributed by atoms with Gasteiger partial charge in [0.1, 0.15) is 0 Å². The summed E-state index contributed by atoms with van der Waals surface area (Å²) in [5.74, 6) is 0. The van der Waals surface area contributed by atoms with E-state index < -0.39 is 0 Å². The predicted octanol–water partition coefficient (Wildman–Crippen LogP) is 2.58. The van der Waals surface area contributed by atoms with E-state index in [0.29, 0.717) is 0 Å². The molecule has 0 aliphatic heterocycles. The molecule has 6 heteroatoms. The maximum atomic E-state index is 5.20. The fourth-order valence-electron chi connectivity index (χ4n) is 2.70. The maximum Gasteiger partial charge on any atom is 0.156 e. The molecule has 0 aliphatic carbocycles. The second kappa shape index (κ2) is 17.6. The Kier molecular flexibility index (Phi) is 17.8. The topological polar surface area (TPSA) is 36.9 Å². The van der Waals surface area contributed by atoms with Gasteiger partial charge in [0.05, 0.1) is 0 Å². The Balaban J connectivity index is 3.14. The van der Waals surface area contributed by atoms with Crippen LogP contribution in [0.4, 0.5) is 0 Å². The molecule has 0 atom stereocenters. The van der Waals surface area contributed by atoms with E-state index in [4.69, 9.17) is 18.9 Å². The second-order valence-electron chi connectivity index (χ2n) is 5.91. The van der Waals surface area contributed by atoms with E-state index in [1.165, 1.54) is 49.9 Å². The average Bonchev–Trinajstić information content (AvgIpc) is 2.55. The lowest BCUT2D eigenvalue weighted by Gasteiger charge is -2.12. The first-order chi connectivity index (χ1) is 10.8. The molecule has 0 amide bonds. The van der Waals surface area contributed by atoms with Crippen molar-refractivity contribution in [2.45, 2.75) is 75.3 Å². The van der Waals surface area contributed by atoms with Crippen molar-refractivity contribution in [3.63, 3.8) is 0 Å². The minimum absolute atomic E-state index is 0.0100. The summed E-state index contributed by atoms with van der Waals surface area (Å²) in [6, 6.07) is 5.93. The maximum absolute atomic E-state index is 5.20. The minimum atomic E-state index is 0.0100. The van der Waals surface area contributed by atoms with Crippen LogP contribution in [0.3, 0.4) is 0 Å². The lowest BCUT2D eigenvalue weighted by atomic mass is 10.3. The van der Waals surface area contributed by atoms with Crippen molar-refractivity contribution in [3.05, 3.63) is 0 Å². The molecule has 0 bridgehead atoms. The van der Waals surface area contributed by atoms with E-state index in [2.05, 4.69) is 0 Å². The summed E-state index contributed by atoms with van der Waals surface area (Å²) in [6.07, 6.45) is 7.60. The summed E-state index contributed by atoms with van der Waals surface area (Å²) in [5, 5.41) is 0. The summed E-state index contributed by atoms with van der Waals surface area (Å²) in [5.41, 5.74) is 0. The van der Waals surface area contributed by atoms with Crippen LogP contribution in [-0.2, 0) is 18.9 Å². The molecule has 0 unspecified atom stereocenters. The Labute approximate surface area is 142 Å². The third-order valence-electron chi connectivity index (χ3n) is 4.18. The lowest BCUT2D eigenvalue weighted by Crippen LogP contribution is -2.12. The molecule has 0 saturated carbocycles. The van der Waals surface area contributed by atoms with Crippen molar-refractivity contribution in [1.29, 1.82) is 0 Å². The molecule has 0 heterocycles. The zero-order valence-electron chi connectivity index (χ0n) is 15.3. The molecule has 0 aromatic rings. The van der Waals surface area contributed by atoms with Crippen LogP contribution in [0.2, 0.25) is 24.2 Å². The van der Waals surface area contributed by atoms with E-state index in [0.717, 1.165) is 12.8 Å². The summed E-state index contributed by atoms with van der Waals surface area (Å²) in [4.78, 5) is 0. The Bertz CT molecular complexity index is 190. The highest BCUT2D eigenvalue weighted by Gasteiger charge is 2.04. The Morgan fingerprint density at radius 3 is 1.18 bits per heavy atom. The minimum Gasteiger partial charge on any atom is -0.356 e. The predicted molar refractivity (Wildman–Crippen MR) is 99.6 cm³/mol. The highest BCUT2D eigenvalue weighted by Crippen LogP contribution is 2.09. The highest BCUT2D eigenvalue weighted by molar-refractivity contribution is 6.36. The SMILES string of the molecule is COC(CCC[SiH2]CCCC[SiH2]CCCC(OC)OC)OC. The van der Waals surface area contributed by atoms with Crippen molar-refractivity contribution in [2.75, 3.05) is 28.4 Å². The summed E-state index contributed by atoms with van der Waals surface area (Å²) < 4.78 is 20.8. The van der Waals surface area contributed by atoms with E-state index in [1.807, 2.05) is 0 Å². The van der Waals surface area contributed by atoms with Crippen molar-refractivity contribution < 1.29 is 18.9 Å². The molecule has 4 nitrogen and oxygen atoms in total. The molecule has 0 aromatic heterocycles. The van der Waals surface area contributed by atoms with Crippen LogP contribution in [0, 0.1) is 0 Å². The van der Waals surface area contributed by atoms with Crippen molar-refractivity contribution in [3.8, 4) is 0 Å². The normalized spacial score (nSPS) is 12.8. The average molecular weight is 351 g/mol. The summed E-state index contributed by atoms with van der Waals surface area (Å²) in [7, 11) is 7.22.